The van der Waals surface area contributed by atoms with Crippen molar-refractivity contribution in [3.05, 3.63) is 102 Å². The van der Waals surface area contributed by atoms with E-state index in [1.807, 2.05) is 55.6 Å². The molecule has 4 nitrogen and oxygen atoms in total. The van der Waals surface area contributed by atoms with Crippen LogP contribution in [-0.2, 0) is 13.1 Å². The lowest BCUT2D eigenvalue weighted by Crippen LogP contribution is -2.28. The Morgan fingerprint density at radius 3 is 2.48 bits per heavy atom. The van der Waals surface area contributed by atoms with Gasteiger partial charge in [-0.25, -0.2) is 0 Å². The predicted molar refractivity (Wildman–Crippen MR) is 108 cm³/mol. The van der Waals surface area contributed by atoms with Gasteiger partial charge in [-0.1, -0.05) is 54.6 Å². The van der Waals surface area contributed by atoms with E-state index in [1.54, 1.807) is 17.3 Å². The molecule has 4 heteroatoms. The monoisotopic (exact) mass is 355 g/mol. The average molecular weight is 355 g/mol. The fraction of sp³-hybridized carbons (Fsp3) is 0.130. The third-order valence-electron chi connectivity index (χ3n) is 4.70. The molecule has 0 atom stereocenters. The lowest BCUT2D eigenvalue weighted by atomic mass is 10.2. The van der Waals surface area contributed by atoms with Crippen LogP contribution in [0.25, 0.3) is 10.9 Å². The van der Waals surface area contributed by atoms with Crippen LogP contribution in [-0.4, -0.2) is 27.4 Å². The maximum atomic E-state index is 13.2. The predicted octanol–water partition coefficient (Wildman–Crippen LogP) is 4.36. The number of rotatable bonds is 5. The molecule has 134 valence electrons. The number of amides is 1. The van der Waals surface area contributed by atoms with Crippen molar-refractivity contribution in [3.8, 4) is 0 Å². The highest BCUT2D eigenvalue weighted by molar-refractivity contribution is 5.98. The van der Waals surface area contributed by atoms with Gasteiger partial charge in [-0.05, 0) is 29.3 Å². The molecule has 0 aliphatic heterocycles. The van der Waals surface area contributed by atoms with Gasteiger partial charge in [0.1, 0.15) is 5.69 Å². The smallest absolute Gasteiger partial charge is 0.270 e. The molecule has 4 aromatic rings. The number of hydrogen-bond donors (Lipinski definition) is 0. The van der Waals surface area contributed by atoms with E-state index in [2.05, 4.69) is 33.8 Å². The zero-order chi connectivity index (χ0) is 18.6. The highest BCUT2D eigenvalue weighted by Crippen LogP contribution is 2.23. The summed E-state index contributed by atoms with van der Waals surface area (Å²) in [5.74, 6) is 0.00554. The number of hydrogen-bond acceptors (Lipinski definition) is 2. The first kappa shape index (κ1) is 17.0. The molecule has 4 rings (SSSR count). The molecule has 0 N–H and O–H groups in total. The molecule has 2 aromatic carbocycles. The SMILES string of the molecule is CN(Cc1cccnc1)C(=O)c1cc2ccccc2n1Cc1ccccc1. The zero-order valence-corrected chi connectivity index (χ0v) is 15.2. The van der Waals surface area contributed by atoms with Crippen LogP contribution in [0.15, 0.2) is 85.2 Å². The Balaban J connectivity index is 1.69. The summed E-state index contributed by atoms with van der Waals surface area (Å²) in [7, 11) is 1.83. The van der Waals surface area contributed by atoms with Crippen molar-refractivity contribution in [2.75, 3.05) is 7.05 Å². The molecular formula is C23H21N3O. The van der Waals surface area contributed by atoms with Crippen molar-refractivity contribution in [2.45, 2.75) is 13.1 Å². The van der Waals surface area contributed by atoms with Gasteiger partial charge in [0.25, 0.3) is 5.91 Å². The Hall–Kier alpha value is -3.40. The van der Waals surface area contributed by atoms with Gasteiger partial charge >= 0.3 is 0 Å². The first-order valence-corrected chi connectivity index (χ1v) is 8.99. The topological polar surface area (TPSA) is 38.1 Å². The zero-order valence-electron chi connectivity index (χ0n) is 15.2. The number of carbonyl (C=O) groups is 1. The largest absolute Gasteiger partial charge is 0.336 e. The molecule has 0 aliphatic carbocycles. The second-order valence-electron chi connectivity index (χ2n) is 6.68. The summed E-state index contributed by atoms with van der Waals surface area (Å²) in [4.78, 5) is 19.1. The Morgan fingerprint density at radius 1 is 0.963 bits per heavy atom. The van der Waals surface area contributed by atoms with Crippen LogP contribution in [0.3, 0.4) is 0 Å². The highest BCUT2D eigenvalue weighted by Gasteiger charge is 2.19. The summed E-state index contributed by atoms with van der Waals surface area (Å²) in [6.45, 7) is 1.19. The second-order valence-corrected chi connectivity index (χ2v) is 6.68. The normalized spacial score (nSPS) is 10.9. The maximum absolute atomic E-state index is 13.2. The molecule has 0 unspecified atom stereocenters. The van der Waals surface area contributed by atoms with Gasteiger partial charge < -0.3 is 9.47 Å². The highest BCUT2D eigenvalue weighted by atomic mass is 16.2. The van der Waals surface area contributed by atoms with Gasteiger partial charge in [0.05, 0.1) is 0 Å². The van der Waals surface area contributed by atoms with Gasteiger partial charge in [0, 0.05) is 43.4 Å². The number of carbonyl (C=O) groups excluding carboxylic acids is 1. The molecule has 0 bridgehead atoms. The second kappa shape index (κ2) is 7.46. The van der Waals surface area contributed by atoms with E-state index < -0.39 is 0 Å². The molecule has 2 aromatic heterocycles. The number of fused-ring (bicyclic) bond motifs is 1. The fourth-order valence-corrected chi connectivity index (χ4v) is 3.36. The lowest BCUT2D eigenvalue weighted by Gasteiger charge is -2.19. The molecule has 0 radical (unpaired) electrons. The number of benzene rings is 2. The van der Waals surface area contributed by atoms with E-state index in [9.17, 15) is 4.79 Å². The van der Waals surface area contributed by atoms with Crippen molar-refractivity contribution >= 4 is 16.8 Å². The minimum atomic E-state index is 0.00554. The minimum absolute atomic E-state index is 0.00554. The summed E-state index contributed by atoms with van der Waals surface area (Å²) < 4.78 is 2.10. The van der Waals surface area contributed by atoms with Gasteiger partial charge in [-0.3, -0.25) is 9.78 Å². The summed E-state index contributed by atoms with van der Waals surface area (Å²) in [6, 6.07) is 24.2. The van der Waals surface area contributed by atoms with E-state index in [1.165, 1.54) is 5.56 Å². The van der Waals surface area contributed by atoms with Crippen molar-refractivity contribution < 1.29 is 4.79 Å². The summed E-state index contributed by atoms with van der Waals surface area (Å²) in [5, 5.41) is 1.08. The Bertz CT molecular complexity index is 1050. The van der Waals surface area contributed by atoms with E-state index in [0.29, 0.717) is 18.8 Å². The van der Waals surface area contributed by atoms with E-state index in [-0.39, 0.29) is 5.91 Å². The number of aromatic nitrogens is 2. The van der Waals surface area contributed by atoms with Crippen molar-refractivity contribution in [1.82, 2.24) is 14.5 Å². The van der Waals surface area contributed by atoms with Gasteiger partial charge in [0.15, 0.2) is 0 Å². The molecule has 27 heavy (non-hydrogen) atoms. The fourth-order valence-electron chi connectivity index (χ4n) is 3.36. The van der Waals surface area contributed by atoms with Crippen LogP contribution in [0.4, 0.5) is 0 Å². The Labute approximate surface area is 158 Å². The lowest BCUT2D eigenvalue weighted by molar-refractivity contribution is 0.0775. The van der Waals surface area contributed by atoms with E-state index in [4.69, 9.17) is 0 Å². The molecule has 0 fully saturated rings. The number of pyridine rings is 1. The molecule has 1 amide bonds. The quantitative estimate of drug-likeness (QED) is 0.534. The average Bonchev–Trinajstić information content (AvgIpc) is 3.07. The van der Waals surface area contributed by atoms with Gasteiger partial charge in [0.2, 0.25) is 0 Å². The van der Waals surface area contributed by atoms with Crippen LogP contribution >= 0.6 is 0 Å². The molecule has 0 saturated heterocycles. The Kier molecular flexibility index (Phi) is 4.71. The summed E-state index contributed by atoms with van der Waals surface area (Å²) in [5.41, 5.74) is 3.95. The van der Waals surface area contributed by atoms with Crippen molar-refractivity contribution in [2.24, 2.45) is 0 Å². The third kappa shape index (κ3) is 3.60. The number of nitrogens with zero attached hydrogens (tertiary/aromatic N) is 3. The molecular weight excluding hydrogens is 334 g/mol. The summed E-state index contributed by atoms with van der Waals surface area (Å²) in [6.07, 6.45) is 3.53. The summed E-state index contributed by atoms with van der Waals surface area (Å²) >= 11 is 0. The first-order valence-electron chi connectivity index (χ1n) is 8.99. The van der Waals surface area contributed by atoms with Crippen LogP contribution in [0.5, 0.6) is 0 Å². The standard InChI is InChI=1S/C23H21N3O/c1-25(16-19-10-7-13-24-15-19)23(27)22-14-20-11-5-6-12-21(20)26(22)17-18-8-3-2-4-9-18/h2-15H,16-17H2,1H3. The van der Waals surface area contributed by atoms with E-state index in [0.717, 1.165) is 16.5 Å². The van der Waals surface area contributed by atoms with E-state index >= 15 is 0 Å². The first-order chi connectivity index (χ1) is 13.2. The van der Waals surface area contributed by atoms with Crippen molar-refractivity contribution in [3.63, 3.8) is 0 Å². The Morgan fingerprint density at radius 2 is 1.70 bits per heavy atom. The maximum Gasteiger partial charge on any atom is 0.270 e. The molecule has 0 spiro atoms. The third-order valence-corrected chi connectivity index (χ3v) is 4.70. The van der Waals surface area contributed by atoms with Gasteiger partial charge in [-0.2, -0.15) is 0 Å². The molecule has 0 aliphatic rings. The van der Waals surface area contributed by atoms with Crippen LogP contribution in [0.1, 0.15) is 21.6 Å². The van der Waals surface area contributed by atoms with Gasteiger partial charge in [-0.15, -0.1) is 0 Å². The number of para-hydroxylation sites is 1. The van der Waals surface area contributed by atoms with Crippen LogP contribution < -0.4 is 0 Å². The molecule has 0 saturated carbocycles. The van der Waals surface area contributed by atoms with Crippen LogP contribution in [0, 0.1) is 0 Å². The van der Waals surface area contributed by atoms with Crippen LogP contribution in [0.2, 0.25) is 0 Å². The van der Waals surface area contributed by atoms with Crippen molar-refractivity contribution in [1.29, 1.82) is 0 Å². The minimum Gasteiger partial charge on any atom is -0.336 e. The molecule has 2 heterocycles.